The molecule has 2 aromatic carbocycles. The molecule has 0 saturated carbocycles. The maximum Gasteiger partial charge on any atom is 0.271 e. The molecule has 4 rings (SSSR count). The van der Waals surface area contributed by atoms with Crippen LogP contribution >= 0.6 is 0 Å². The van der Waals surface area contributed by atoms with Crippen molar-refractivity contribution in [3.05, 3.63) is 111 Å². The second kappa shape index (κ2) is 10.6. The van der Waals surface area contributed by atoms with E-state index in [0.29, 0.717) is 18.8 Å². The van der Waals surface area contributed by atoms with Crippen molar-refractivity contribution in [2.45, 2.75) is 33.5 Å². The zero-order valence-corrected chi connectivity index (χ0v) is 19.3. The van der Waals surface area contributed by atoms with Gasteiger partial charge in [-0.1, -0.05) is 48.5 Å². The lowest BCUT2D eigenvalue weighted by Gasteiger charge is -2.10. The summed E-state index contributed by atoms with van der Waals surface area (Å²) in [6, 6.07) is 22.2. The van der Waals surface area contributed by atoms with Gasteiger partial charge in [-0.05, 0) is 37.6 Å². The minimum Gasteiger partial charge on any atom is -0.492 e. The van der Waals surface area contributed by atoms with Gasteiger partial charge in [0, 0.05) is 23.9 Å². The average molecular weight is 458 g/mol. The molecule has 8 nitrogen and oxygen atoms in total. The topological polar surface area (TPSA) is 91.0 Å². The Morgan fingerprint density at radius 3 is 2.35 bits per heavy atom. The fourth-order valence-corrected chi connectivity index (χ4v) is 3.66. The Bertz CT molecular complexity index is 1310. The van der Waals surface area contributed by atoms with Gasteiger partial charge >= 0.3 is 0 Å². The number of ether oxygens (including phenoxy) is 1. The summed E-state index contributed by atoms with van der Waals surface area (Å²) in [6.07, 6.45) is 0. The van der Waals surface area contributed by atoms with Crippen LogP contribution in [-0.4, -0.2) is 32.1 Å². The Kier molecular flexibility index (Phi) is 7.17. The minimum absolute atomic E-state index is 0.172. The zero-order chi connectivity index (χ0) is 23.9. The van der Waals surface area contributed by atoms with Crippen molar-refractivity contribution in [2.75, 3.05) is 6.61 Å². The van der Waals surface area contributed by atoms with Crippen LogP contribution in [0, 0.1) is 13.8 Å². The van der Waals surface area contributed by atoms with Gasteiger partial charge in [-0.2, -0.15) is 10.2 Å². The molecule has 0 unspecified atom stereocenters. The van der Waals surface area contributed by atoms with Gasteiger partial charge in [-0.25, -0.2) is 4.68 Å². The quantitative estimate of drug-likeness (QED) is 0.417. The monoisotopic (exact) mass is 457 g/mol. The number of aryl methyl sites for hydroxylation is 1. The van der Waals surface area contributed by atoms with Gasteiger partial charge in [0.25, 0.3) is 11.5 Å². The molecule has 2 heterocycles. The van der Waals surface area contributed by atoms with Crippen LogP contribution in [0.3, 0.4) is 0 Å². The zero-order valence-electron chi connectivity index (χ0n) is 19.3. The van der Waals surface area contributed by atoms with Crippen LogP contribution in [0.15, 0.2) is 77.6 Å². The van der Waals surface area contributed by atoms with Crippen molar-refractivity contribution >= 4 is 5.91 Å². The smallest absolute Gasteiger partial charge is 0.271 e. The second-order valence-electron chi connectivity index (χ2n) is 7.92. The van der Waals surface area contributed by atoms with Crippen molar-refractivity contribution in [2.24, 2.45) is 0 Å². The molecule has 1 N–H and O–H groups in total. The number of nitrogens with one attached hydrogen (secondary N) is 1. The lowest BCUT2D eigenvalue weighted by molar-refractivity contribution is 0.0942. The van der Waals surface area contributed by atoms with E-state index < -0.39 is 0 Å². The molecule has 0 aliphatic rings. The van der Waals surface area contributed by atoms with Crippen LogP contribution in [0.5, 0.6) is 5.75 Å². The highest BCUT2D eigenvalue weighted by Crippen LogP contribution is 2.15. The SMILES string of the molecule is Cc1nn(Cc2ccccc2)c(C)c1CNC(=O)c1ccc(=O)n(CCOc2ccccc2)n1. The van der Waals surface area contributed by atoms with Gasteiger partial charge in [0.1, 0.15) is 18.1 Å². The number of hydrogen-bond acceptors (Lipinski definition) is 5. The highest BCUT2D eigenvalue weighted by atomic mass is 16.5. The van der Waals surface area contributed by atoms with Crippen molar-refractivity contribution < 1.29 is 9.53 Å². The van der Waals surface area contributed by atoms with Crippen LogP contribution < -0.4 is 15.6 Å². The van der Waals surface area contributed by atoms with Gasteiger partial charge in [-0.15, -0.1) is 0 Å². The standard InChI is InChI=1S/C26H27N5O3/c1-19-23(20(2)31(28-19)18-21-9-5-3-6-10-21)17-27-26(33)24-13-14-25(32)30(29-24)15-16-34-22-11-7-4-8-12-22/h3-14H,15-18H2,1-2H3,(H,27,33). The summed E-state index contributed by atoms with van der Waals surface area (Å²) in [7, 11) is 0. The third-order valence-corrected chi connectivity index (χ3v) is 5.55. The van der Waals surface area contributed by atoms with Crippen LogP contribution in [-0.2, 0) is 19.6 Å². The second-order valence-corrected chi connectivity index (χ2v) is 7.92. The van der Waals surface area contributed by atoms with Crippen molar-refractivity contribution in [3.8, 4) is 5.75 Å². The molecule has 0 atom stereocenters. The Hall–Kier alpha value is -4.20. The molecule has 0 radical (unpaired) electrons. The predicted octanol–water partition coefficient (Wildman–Crippen LogP) is 3.11. The number of benzene rings is 2. The Morgan fingerprint density at radius 2 is 1.62 bits per heavy atom. The lowest BCUT2D eigenvalue weighted by Crippen LogP contribution is -2.30. The number of para-hydroxylation sites is 1. The molecule has 0 bridgehead atoms. The maximum absolute atomic E-state index is 12.7. The fraction of sp³-hybridized carbons (Fsp3) is 0.231. The first-order chi connectivity index (χ1) is 16.5. The van der Waals surface area contributed by atoms with Gasteiger partial charge in [0.15, 0.2) is 0 Å². The Morgan fingerprint density at radius 1 is 0.912 bits per heavy atom. The van der Waals surface area contributed by atoms with E-state index in [0.717, 1.165) is 22.5 Å². The molecule has 1 amide bonds. The summed E-state index contributed by atoms with van der Waals surface area (Å²) in [5, 5.41) is 11.7. The first-order valence-corrected chi connectivity index (χ1v) is 11.1. The van der Waals surface area contributed by atoms with Crippen LogP contribution in [0.25, 0.3) is 0 Å². The number of rotatable bonds is 9. The van der Waals surface area contributed by atoms with E-state index in [-0.39, 0.29) is 30.3 Å². The van der Waals surface area contributed by atoms with E-state index in [9.17, 15) is 9.59 Å². The number of carbonyl (C=O) groups excluding carboxylic acids is 1. The molecule has 0 saturated heterocycles. The molecule has 2 aromatic heterocycles. The Labute approximate surface area is 197 Å². The van der Waals surface area contributed by atoms with E-state index >= 15 is 0 Å². The van der Waals surface area contributed by atoms with Crippen molar-refractivity contribution in [1.82, 2.24) is 24.9 Å². The molecule has 34 heavy (non-hydrogen) atoms. The van der Waals surface area contributed by atoms with Gasteiger partial charge in [-0.3, -0.25) is 14.3 Å². The first kappa shape index (κ1) is 23.0. The van der Waals surface area contributed by atoms with Crippen LogP contribution in [0.1, 0.15) is 33.0 Å². The molecular formula is C26H27N5O3. The van der Waals surface area contributed by atoms with Crippen molar-refractivity contribution in [1.29, 1.82) is 0 Å². The molecule has 0 aliphatic heterocycles. The first-order valence-electron chi connectivity index (χ1n) is 11.1. The summed E-state index contributed by atoms with van der Waals surface area (Å²) < 4.78 is 8.82. The summed E-state index contributed by atoms with van der Waals surface area (Å²) in [6.45, 7) is 5.42. The van der Waals surface area contributed by atoms with E-state index in [1.807, 2.05) is 67.1 Å². The van der Waals surface area contributed by atoms with Crippen molar-refractivity contribution in [3.63, 3.8) is 0 Å². The van der Waals surface area contributed by atoms with Gasteiger partial charge in [0.2, 0.25) is 0 Å². The summed E-state index contributed by atoms with van der Waals surface area (Å²) in [5.74, 6) is 0.357. The molecular weight excluding hydrogens is 430 g/mol. The molecule has 0 fully saturated rings. The highest BCUT2D eigenvalue weighted by Gasteiger charge is 2.15. The van der Waals surface area contributed by atoms with Gasteiger partial charge < -0.3 is 10.1 Å². The highest BCUT2D eigenvalue weighted by molar-refractivity contribution is 5.91. The molecule has 0 spiro atoms. The Balaban J connectivity index is 1.38. The predicted molar refractivity (Wildman–Crippen MR) is 129 cm³/mol. The molecule has 174 valence electrons. The largest absolute Gasteiger partial charge is 0.492 e. The van der Waals surface area contributed by atoms with E-state index in [2.05, 4.69) is 27.6 Å². The van der Waals surface area contributed by atoms with E-state index in [1.165, 1.54) is 16.8 Å². The number of aromatic nitrogens is 4. The van der Waals surface area contributed by atoms with E-state index in [1.54, 1.807) is 0 Å². The number of carbonyl (C=O) groups is 1. The average Bonchev–Trinajstić information content (AvgIpc) is 3.12. The minimum atomic E-state index is -0.354. The fourth-order valence-electron chi connectivity index (χ4n) is 3.66. The number of nitrogens with zero attached hydrogens (tertiary/aromatic N) is 4. The third kappa shape index (κ3) is 5.58. The maximum atomic E-state index is 12.7. The number of hydrogen-bond donors (Lipinski definition) is 1. The van der Waals surface area contributed by atoms with Crippen LogP contribution in [0.2, 0.25) is 0 Å². The third-order valence-electron chi connectivity index (χ3n) is 5.55. The molecule has 0 aliphatic carbocycles. The van der Waals surface area contributed by atoms with Gasteiger partial charge in [0.05, 0.1) is 18.8 Å². The number of amides is 1. The summed E-state index contributed by atoms with van der Waals surface area (Å²) in [4.78, 5) is 24.9. The normalized spacial score (nSPS) is 10.8. The van der Waals surface area contributed by atoms with Crippen LogP contribution in [0.4, 0.5) is 0 Å². The molecule has 4 aromatic rings. The summed E-state index contributed by atoms with van der Waals surface area (Å²) >= 11 is 0. The molecule has 8 heteroatoms. The summed E-state index contributed by atoms with van der Waals surface area (Å²) in [5.41, 5.74) is 3.87. The lowest BCUT2D eigenvalue weighted by atomic mass is 10.2. The van der Waals surface area contributed by atoms with E-state index in [4.69, 9.17) is 4.74 Å².